The zero-order chi connectivity index (χ0) is 19.7. The molecule has 0 spiro atoms. The molecular weight excluding hydrogens is 350 g/mol. The highest BCUT2D eigenvalue weighted by molar-refractivity contribution is 5.36. The smallest absolute Gasteiger partial charge is 0.244 e. The minimum absolute atomic E-state index is 0.193. The number of rotatable bonds is 7. The Morgan fingerprint density at radius 3 is 2.44 bits per heavy atom. The lowest BCUT2D eigenvalue weighted by Gasteiger charge is -2.23. The van der Waals surface area contributed by atoms with Gasteiger partial charge in [0.1, 0.15) is 5.82 Å². The summed E-state index contributed by atoms with van der Waals surface area (Å²) in [6.07, 6.45) is 3.14. The lowest BCUT2D eigenvalue weighted by molar-refractivity contribution is 0.0194. The Bertz CT molecular complexity index is 868. The van der Waals surface area contributed by atoms with E-state index in [1.165, 1.54) is 13.8 Å². The van der Waals surface area contributed by atoms with Crippen molar-refractivity contribution >= 4 is 0 Å². The maximum atomic E-state index is 13.1. The summed E-state index contributed by atoms with van der Waals surface area (Å²) >= 11 is 0. The van der Waals surface area contributed by atoms with Crippen molar-refractivity contribution in [3.05, 3.63) is 66.0 Å². The quantitative estimate of drug-likeness (QED) is 0.660. The van der Waals surface area contributed by atoms with Crippen LogP contribution in [-0.2, 0) is 18.4 Å². The van der Waals surface area contributed by atoms with Crippen LogP contribution in [0.15, 0.2) is 48.9 Å². The summed E-state index contributed by atoms with van der Waals surface area (Å²) in [4.78, 5) is 7.32. The highest BCUT2D eigenvalue weighted by atomic mass is 19.3. The first-order valence-corrected chi connectivity index (χ1v) is 8.81. The molecule has 2 N–H and O–H groups in total. The standard InChI is InChI=1S/C20H24F2N4O/c1-19(2,18(21)22)11-15-13-23-17(25-15)12-20(3,27)14-5-7-16(8-6-14)26-10-4-9-24-26/h4-10,13,18,27H,11-12H2,1-3H3,(H,23,25). The predicted molar refractivity (Wildman–Crippen MR) is 98.9 cm³/mol. The summed E-state index contributed by atoms with van der Waals surface area (Å²) in [6.45, 7) is 4.76. The molecule has 0 aliphatic rings. The summed E-state index contributed by atoms with van der Waals surface area (Å²) < 4.78 is 27.8. The number of aromatic amines is 1. The molecule has 144 valence electrons. The molecule has 1 atom stereocenters. The van der Waals surface area contributed by atoms with Gasteiger partial charge in [-0.1, -0.05) is 26.0 Å². The van der Waals surface area contributed by atoms with Crippen LogP contribution < -0.4 is 0 Å². The molecular formula is C20H24F2N4O. The van der Waals surface area contributed by atoms with Crippen LogP contribution in [0.3, 0.4) is 0 Å². The fourth-order valence-corrected chi connectivity index (χ4v) is 2.98. The van der Waals surface area contributed by atoms with Crippen LogP contribution in [0.25, 0.3) is 5.69 Å². The molecule has 0 fully saturated rings. The van der Waals surface area contributed by atoms with Gasteiger partial charge >= 0.3 is 0 Å². The van der Waals surface area contributed by atoms with Gasteiger partial charge in [0.05, 0.1) is 11.3 Å². The van der Waals surface area contributed by atoms with E-state index in [2.05, 4.69) is 15.1 Å². The molecule has 1 aromatic carbocycles. The van der Waals surface area contributed by atoms with Crippen LogP contribution in [-0.4, -0.2) is 31.3 Å². The molecule has 0 amide bonds. The van der Waals surface area contributed by atoms with Crippen LogP contribution in [0.5, 0.6) is 0 Å². The number of H-pyrrole nitrogens is 1. The normalized spacial score (nSPS) is 14.5. The zero-order valence-corrected chi connectivity index (χ0v) is 15.7. The zero-order valence-electron chi connectivity index (χ0n) is 15.7. The van der Waals surface area contributed by atoms with Gasteiger partial charge in [-0.2, -0.15) is 5.10 Å². The Morgan fingerprint density at radius 2 is 1.85 bits per heavy atom. The first-order valence-electron chi connectivity index (χ1n) is 8.81. The summed E-state index contributed by atoms with van der Waals surface area (Å²) in [5.74, 6) is 0.566. The van der Waals surface area contributed by atoms with Crippen LogP contribution in [0, 0.1) is 5.41 Å². The molecule has 0 saturated carbocycles. The lowest BCUT2D eigenvalue weighted by Crippen LogP contribution is -2.25. The summed E-state index contributed by atoms with van der Waals surface area (Å²) in [5.41, 5.74) is 0.00319. The SMILES string of the molecule is CC(O)(Cc1ncc(CC(C)(C)C(F)F)[nH]1)c1ccc(-n2cccn2)cc1. The maximum Gasteiger partial charge on any atom is 0.244 e. The number of aliphatic hydroxyl groups is 1. The average Bonchev–Trinajstić information content (AvgIpc) is 3.26. The molecule has 1 unspecified atom stereocenters. The van der Waals surface area contributed by atoms with E-state index in [0.717, 1.165) is 11.3 Å². The molecule has 0 saturated heterocycles. The number of imidazole rings is 1. The number of halogens is 2. The van der Waals surface area contributed by atoms with Crippen molar-refractivity contribution in [2.24, 2.45) is 5.41 Å². The van der Waals surface area contributed by atoms with Gasteiger partial charge in [0.25, 0.3) is 0 Å². The van der Waals surface area contributed by atoms with E-state index in [4.69, 9.17) is 0 Å². The second-order valence-electron chi connectivity index (χ2n) is 7.77. The summed E-state index contributed by atoms with van der Waals surface area (Å²) in [7, 11) is 0. The van der Waals surface area contributed by atoms with Crippen LogP contribution in [0.2, 0.25) is 0 Å². The Kier molecular flexibility index (Phi) is 5.15. The van der Waals surface area contributed by atoms with E-state index in [1.54, 1.807) is 24.0 Å². The van der Waals surface area contributed by atoms with E-state index < -0.39 is 17.4 Å². The largest absolute Gasteiger partial charge is 0.385 e. The van der Waals surface area contributed by atoms with Gasteiger partial charge in [-0.3, -0.25) is 0 Å². The highest BCUT2D eigenvalue weighted by Crippen LogP contribution is 2.30. The number of nitrogens with one attached hydrogen (secondary N) is 1. The molecule has 0 radical (unpaired) electrons. The van der Waals surface area contributed by atoms with E-state index in [1.807, 2.05) is 36.5 Å². The Hall–Kier alpha value is -2.54. The van der Waals surface area contributed by atoms with Gasteiger partial charge in [-0.25, -0.2) is 18.4 Å². The number of benzene rings is 1. The molecule has 2 heterocycles. The summed E-state index contributed by atoms with van der Waals surface area (Å²) in [6, 6.07) is 9.31. The molecule has 3 rings (SSSR count). The minimum atomic E-state index is -2.42. The first kappa shape index (κ1) is 19.2. The molecule has 2 aromatic heterocycles. The second kappa shape index (κ2) is 7.23. The van der Waals surface area contributed by atoms with Gasteiger partial charge in [0, 0.05) is 36.1 Å². The van der Waals surface area contributed by atoms with Crippen molar-refractivity contribution in [1.82, 2.24) is 19.7 Å². The molecule has 0 aliphatic heterocycles. The number of nitrogens with zero attached hydrogens (tertiary/aromatic N) is 3. The fourth-order valence-electron chi connectivity index (χ4n) is 2.98. The first-order chi connectivity index (χ1) is 12.7. The summed E-state index contributed by atoms with van der Waals surface area (Å²) in [5, 5.41) is 15.1. The van der Waals surface area contributed by atoms with E-state index in [0.29, 0.717) is 11.5 Å². The van der Waals surface area contributed by atoms with Crippen molar-refractivity contribution in [2.75, 3.05) is 0 Å². The van der Waals surface area contributed by atoms with Crippen LogP contribution >= 0.6 is 0 Å². The minimum Gasteiger partial charge on any atom is -0.385 e. The van der Waals surface area contributed by atoms with Gasteiger partial charge in [0.2, 0.25) is 6.43 Å². The second-order valence-corrected chi connectivity index (χ2v) is 7.77. The third-order valence-electron chi connectivity index (χ3n) is 4.69. The topological polar surface area (TPSA) is 66.7 Å². The third kappa shape index (κ3) is 4.42. The number of aromatic nitrogens is 4. The number of alkyl halides is 2. The monoisotopic (exact) mass is 374 g/mol. The molecule has 0 aliphatic carbocycles. The maximum absolute atomic E-state index is 13.1. The van der Waals surface area contributed by atoms with Crippen molar-refractivity contribution in [2.45, 2.75) is 45.6 Å². The lowest BCUT2D eigenvalue weighted by atomic mass is 9.88. The predicted octanol–water partition coefficient (Wildman–Crippen LogP) is 3.88. The Balaban J connectivity index is 1.71. The van der Waals surface area contributed by atoms with Gasteiger partial charge in [-0.15, -0.1) is 0 Å². The number of hydrogen-bond acceptors (Lipinski definition) is 3. The van der Waals surface area contributed by atoms with Crippen LogP contribution in [0.4, 0.5) is 8.78 Å². The Labute approximate surface area is 157 Å². The fraction of sp³-hybridized carbons (Fsp3) is 0.400. The molecule has 3 aromatic rings. The van der Waals surface area contributed by atoms with Gasteiger partial charge in [-0.05, 0) is 37.1 Å². The molecule has 5 nitrogen and oxygen atoms in total. The molecule has 7 heteroatoms. The third-order valence-corrected chi connectivity index (χ3v) is 4.69. The van der Waals surface area contributed by atoms with E-state index in [-0.39, 0.29) is 12.8 Å². The van der Waals surface area contributed by atoms with Gasteiger partial charge < -0.3 is 10.1 Å². The van der Waals surface area contributed by atoms with Crippen molar-refractivity contribution in [1.29, 1.82) is 0 Å². The Morgan fingerprint density at radius 1 is 1.15 bits per heavy atom. The van der Waals surface area contributed by atoms with Crippen molar-refractivity contribution in [3.63, 3.8) is 0 Å². The van der Waals surface area contributed by atoms with Crippen molar-refractivity contribution in [3.8, 4) is 5.69 Å². The van der Waals surface area contributed by atoms with Crippen molar-refractivity contribution < 1.29 is 13.9 Å². The number of hydrogen-bond donors (Lipinski definition) is 2. The molecule has 27 heavy (non-hydrogen) atoms. The van der Waals surface area contributed by atoms with Gasteiger partial charge in [0.15, 0.2) is 0 Å². The van der Waals surface area contributed by atoms with Crippen LogP contribution in [0.1, 0.15) is 37.9 Å². The van der Waals surface area contributed by atoms with E-state index in [9.17, 15) is 13.9 Å². The average molecular weight is 374 g/mol. The highest BCUT2D eigenvalue weighted by Gasteiger charge is 2.31. The molecule has 0 bridgehead atoms. The van der Waals surface area contributed by atoms with E-state index >= 15 is 0 Å².